The van der Waals surface area contributed by atoms with Gasteiger partial charge in [-0.15, -0.1) is 10.2 Å². The smallest absolute Gasteiger partial charge is 0.258 e. The van der Waals surface area contributed by atoms with Crippen LogP contribution in [0.2, 0.25) is 5.02 Å². The molecule has 0 amide bonds. The molecular weight excluding hydrogens is 390 g/mol. The van der Waals surface area contributed by atoms with Crippen molar-refractivity contribution < 1.29 is 4.52 Å². The third-order valence-electron chi connectivity index (χ3n) is 3.88. The van der Waals surface area contributed by atoms with Gasteiger partial charge in [-0.25, -0.2) is 0 Å². The number of thiophene rings is 1. The van der Waals surface area contributed by atoms with Gasteiger partial charge in [-0.2, -0.15) is 28.9 Å². The highest BCUT2D eigenvalue weighted by molar-refractivity contribution is 7.80. The summed E-state index contributed by atoms with van der Waals surface area (Å²) in [5.41, 5.74) is 1.79. The predicted octanol–water partition coefficient (Wildman–Crippen LogP) is 4.75. The highest BCUT2D eigenvalue weighted by Gasteiger charge is 2.24. The van der Waals surface area contributed by atoms with E-state index in [0.29, 0.717) is 29.1 Å². The summed E-state index contributed by atoms with van der Waals surface area (Å²) in [6.45, 7) is 2.75. The summed E-state index contributed by atoms with van der Waals surface area (Å²) in [5.74, 6) is 2.31. The molecule has 1 unspecified atom stereocenters. The van der Waals surface area contributed by atoms with E-state index in [-0.39, 0.29) is 0 Å². The number of aromatic nitrogens is 5. The minimum absolute atomic E-state index is 0.391. The van der Waals surface area contributed by atoms with E-state index in [4.69, 9.17) is 16.1 Å². The van der Waals surface area contributed by atoms with E-state index >= 15 is 0 Å². The van der Waals surface area contributed by atoms with E-state index in [0.717, 1.165) is 17.0 Å². The lowest BCUT2D eigenvalue weighted by Crippen LogP contribution is -2.08. The first-order chi connectivity index (χ1) is 12.7. The fourth-order valence-electron chi connectivity index (χ4n) is 2.63. The molecule has 1 atom stereocenters. The number of halogens is 1. The van der Waals surface area contributed by atoms with Gasteiger partial charge in [0.1, 0.15) is 5.25 Å². The summed E-state index contributed by atoms with van der Waals surface area (Å²) >= 11 is 12.3. The molecule has 6 nitrogen and oxygen atoms in total. The van der Waals surface area contributed by atoms with Gasteiger partial charge >= 0.3 is 0 Å². The van der Waals surface area contributed by atoms with Crippen LogP contribution in [0.5, 0.6) is 0 Å². The second-order valence-electron chi connectivity index (χ2n) is 5.51. The van der Waals surface area contributed by atoms with Crippen LogP contribution < -0.4 is 0 Å². The normalized spacial score (nSPS) is 12.4. The maximum atomic E-state index is 6.03. The minimum Gasteiger partial charge on any atom is -0.334 e. The fraction of sp³-hybridized carbons (Fsp3) is 0.176. The quantitative estimate of drug-likeness (QED) is 0.487. The molecule has 3 aromatic heterocycles. The first-order valence-electron chi connectivity index (χ1n) is 7.90. The second-order valence-corrected chi connectivity index (χ2v) is 7.24. The van der Waals surface area contributed by atoms with Crippen LogP contribution in [-0.2, 0) is 6.54 Å². The first-order valence-corrected chi connectivity index (χ1v) is 9.74. The number of hydrogen-bond donors (Lipinski definition) is 1. The van der Waals surface area contributed by atoms with Crippen LogP contribution in [0.3, 0.4) is 0 Å². The van der Waals surface area contributed by atoms with Gasteiger partial charge in [0.25, 0.3) is 5.89 Å². The van der Waals surface area contributed by atoms with Crippen LogP contribution in [0.15, 0.2) is 45.6 Å². The molecule has 0 radical (unpaired) electrons. The molecule has 0 aliphatic heterocycles. The summed E-state index contributed by atoms with van der Waals surface area (Å²) in [6.07, 6.45) is 0. The van der Waals surface area contributed by atoms with Gasteiger partial charge in [-0.3, -0.25) is 0 Å². The molecular formula is C17H14ClN5OS2. The standard InChI is InChI=1S/C17H14ClN5OS2/c1-2-23-15(11-6-7-26-9-11)20-21-16(23)13(25)14-19-17(24-22-14)10-4-3-5-12(18)8-10/h3-9,13,25H,2H2,1H3. The Morgan fingerprint density at radius 1 is 1.27 bits per heavy atom. The van der Waals surface area contributed by atoms with Gasteiger partial charge in [0, 0.05) is 28.1 Å². The Bertz CT molecular complexity index is 1030. The number of nitrogens with zero attached hydrogens (tertiary/aromatic N) is 5. The van der Waals surface area contributed by atoms with Crippen LogP contribution in [0.1, 0.15) is 23.8 Å². The zero-order valence-corrected chi connectivity index (χ0v) is 16.2. The summed E-state index contributed by atoms with van der Waals surface area (Å²) < 4.78 is 7.39. The lowest BCUT2D eigenvalue weighted by atomic mass is 10.2. The second kappa shape index (κ2) is 7.22. The zero-order chi connectivity index (χ0) is 18.1. The van der Waals surface area contributed by atoms with E-state index in [1.54, 1.807) is 23.5 Å². The van der Waals surface area contributed by atoms with Gasteiger partial charge in [0.2, 0.25) is 0 Å². The molecule has 4 rings (SSSR count). The van der Waals surface area contributed by atoms with Gasteiger partial charge in [0.15, 0.2) is 17.5 Å². The topological polar surface area (TPSA) is 69.6 Å². The maximum Gasteiger partial charge on any atom is 0.258 e. The van der Waals surface area contributed by atoms with Crippen LogP contribution in [0, 0.1) is 0 Å². The van der Waals surface area contributed by atoms with Gasteiger partial charge in [0.05, 0.1) is 0 Å². The average molecular weight is 404 g/mol. The lowest BCUT2D eigenvalue weighted by Gasteiger charge is -2.09. The Morgan fingerprint density at radius 2 is 2.15 bits per heavy atom. The first kappa shape index (κ1) is 17.3. The molecule has 0 aliphatic carbocycles. The van der Waals surface area contributed by atoms with Crippen molar-refractivity contribution in [2.45, 2.75) is 18.7 Å². The Hall–Kier alpha value is -2.16. The number of benzene rings is 1. The molecule has 3 heterocycles. The van der Waals surface area contributed by atoms with Crippen molar-refractivity contribution in [3.8, 4) is 22.8 Å². The lowest BCUT2D eigenvalue weighted by molar-refractivity contribution is 0.422. The third kappa shape index (κ3) is 3.15. The van der Waals surface area contributed by atoms with E-state index in [1.165, 1.54) is 0 Å². The Labute approximate surface area is 164 Å². The molecule has 9 heteroatoms. The molecule has 0 aliphatic rings. The summed E-state index contributed by atoms with van der Waals surface area (Å²) in [5, 5.41) is 16.9. The molecule has 0 N–H and O–H groups in total. The fourth-order valence-corrected chi connectivity index (χ4v) is 3.76. The average Bonchev–Trinajstić information content (AvgIpc) is 3.40. The van der Waals surface area contributed by atoms with Crippen molar-refractivity contribution in [3.63, 3.8) is 0 Å². The Balaban J connectivity index is 1.68. The van der Waals surface area contributed by atoms with Gasteiger partial charge in [-0.1, -0.05) is 22.8 Å². The predicted molar refractivity (Wildman–Crippen MR) is 105 cm³/mol. The largest absolute Gasteiger partial charge is 0.334 e. The Kier molecular flexibility index (Phi) is 4.80. The minimum atomic E-state index is -0.452. The molecule has 4 aromatic rings. The molecule has 26 heavy (non-hydrogen) atoms. The van der Waals surface area contributed by atoms with E-state index < -0.39 is 5.25 Å². The van der Waals surface area contributed by atoms with Crippen molar-refractivity contribution in [2.75, 3.05) is 0 Å². The summed E-state index contributed by atoms with van der Waals surface area (Å²) in [6, 6.07) is 9.28. The molecule has 0 spiro atoms. The van der Waals surface area contributed by atoms with Crippen molar-refractivity contribution in [2.24, 2.45) is 0 Å². The molecule has 0 bridgehead atoms. The monoisotopic (exact) mass is 403 g/mol. The van der Waals surface area contributed by atoms with Gasteiger partial charge < -0.3 is 9.09 Å². The highest BCUT2D eigenvalue weighted by atomic mass is 35.5. The maximum absolute atomic E-state index is 6.03. The zero-order valence-electron chi connectivity index (χ0n) is 13.7. The summed E-state index contributed by atoms with van der Waals surface area (Å²) in [7, 11) is 0. The van der Waals surface area contributed by atoms with Crippen LogP contribution in [0.25, 0.3) is 22.8 Å². The molecule has 132 valence electrons. The molecule has 0 saturated carbocycles. The van der Waals surface area contributed by atoms with E-state index in [9.17, 15) is 0 Å². The van der Waals surface area contributed by atoms with E-state index in [1.807, 2.05) is 40.5 Å². The van der Waals surface area contributed by atoms with Gasteiger partial charge in [-0.05, 0) is 36.6 Å². The summed E-state index contributed by atoms with van der Waals surface area (Å²) in [4.78, 5) is 4.45. The third-order valence-corrected chi connectivity index (χ3v) is 5.26. The Morgan fingerprint density at radius 3 is 2.88 bits per heavy atom. The number of thiol groups is 1. The van der Waals surface area contributed by atoms with Crippen molar-refractivity contribution in [3.05, 3.63) is 57.8 Å². The van der Waals surface area contributed by atoms with Crippen LogP contribution in [-0.4, -0.2) is 24.9 Å². The molecule has 0 saturated heterocycles. The molecule has 0 fully saturated rings. The van der Waals surface area contributed by atoms with Crippen LogP contribution in [0.4, 0.5) is 0 Å². The highest BCUT2D eigenvalue weighted by Crippen LogP contribution is 2.30. The van der Waals surface area contributed by atoms with E-state index in [2.05, 4.69) is 33.0 Å². The van der Waals surface area contributed by atoms with Crippen molar-refractivity contribution in [1.82, 2.24) is 24.9 Å². The van der Waals surface area contributed by atoms with Crippen LogP contribution >= 0.6 is 35.6 Å². The van der Waals surface area contributed by atoms with Crippen molar-refractivity contribution in [1.29, 1.82) is 0 Å². The molecule has 1 aromatic carbocycles. The SMILES string of the molecule is CCn1c(-c2ccsc2)nnc1C(S)c1noc(-c2cccc(Cl)c2)n1. The number of rotatable bonds is 5. The number of hydrogen-bond acceptors (Lipinski definition) is 7. The van der Waals surface area contributed by atoms with Crippen molar-refractivity contribution >= 4 is 35.6 Å².